The van der Waals surface area contributed by atoms with Crippen molar-refractivity contribution < 1.29 is 19.5 Å². The highest BCUT2D eigenvalue weighted by Gasteiger charge is 2.34. The van der Waals surface area contributed by atoms with E-state index in [1.54, 1.807) is 17.5 Å². The summed E-state index contributed by atoms with van der Waals surface area (Å²) in [7, 11) is 0. The smallest absolute Gasteiger partial charge is 0.407 e. The lowest BCUT2D eigenvalue weighted by molar-refractivity contribution is -0.119. The molecule has 0 aromatic carbocycles. The molecule has 0 bridgehead atoms. The van der Waals surface area contributed by atoms with E-state index in [1.807, 2.05) is 0 Å². The summed E-state index contributed by atoms with van der Waals surface area (Å²) in [4.78, 5) is 45.4. The number of hydrogen-bond acceptors (Lipinski definition) is 6. The lowest BCUT2D eigenvalue weighted by Gasteiger charge is -2.19. The highest BCUT2D eigenvalue weighted by Crippen LogP contribution is 2.25. The second kappa shape index (κ2) is 7.55. The standard InChI is InChI=1S/C18H19N5O4S/c24-15(20-11-4-5-11)10-3-6-12(19-8-10)13-9-28-17(21-13)22-16(25)14-2-1-7-23(14)18(26)27/h3,6,8-9,11,14H,1-2,4-5,7H2,(H,20,24)(H,26,27)(H,21,22,25). The molecule has 9 nitrogen and oxygen atoms in total. The van der Waals surface area contributed by atoms with Gasteiger partial charge in [-0.2, -0.15) is 0 Å². The third-order valence-corrected chi connectivity index (χ3v) is 5.49. The molecule has 0 radical (unpaired) electrons. The van der Waals surface area contributed by atoms with Gasteiger partial charge in [-0.15, -0.1) is 11.3 Å². The second-order valence-electron chi connectivity index (χ2n) is 6.84. The normalized spacial score (nSPS) is 18.7. The number of nitrogens with one attached hydrogen (secondary N) is 2. The molecular weight excluding hydrogens is 382 g/mol. The van der Waals surface area contributed by atoms with Gasteiger partial charge in [-0.1, -0.05) is 0 Å². The molecule has 1 aliphatic heterocycles. The monoisotopic (exact) mass is 401 g/mol. The number of likely N-dealkylation sites (tertiary alicyclic amines) is 1. The fourth-order valence-corrected chi connectivity index (χ4v) is 3.79. The van der Waals surface area contributed by atoms with E-state index in [9.17, 15) is 14.4 Å². The third kappa shape index (κ3) is 3.96. The molecule has 1 unspecified atom stereocenters. The Bertz CT molecular complexity index is 909. The molecule has 2 aromatic rings. The Morgan fingerprint density at radius 2 is 2.00 bits per heavy atom. The number of carbonyl (C=O) groups excluding carboxylic acids is 2. The molecule has 1 aliphatic carbocycles. The number of hydrogen-bond donors (Lipinski definition) is 3. The highest BCUT2D eigenvalue weighted by atomic mass is 32.1. The summed E-state index contributed by atoms with van der Waals surface area (Å²) in [6.07, 6.45) is 3.63. The van der Waals surface area contributed by atoms with E-state index in [4.69, 9.17) is 5.11 Å². The summed E-state index contributed by atoms with van der Waals surface area (Å²) in [6, 6.07) is 3.01. The molecular formula is C18H19N5O4S. The first-order valence-electron chi connectivity index (χ1n) is 9.04. The number of nitrogens with zero attached hydrogens (tertiary/aromatic N) is 3. The Morgan fingerprint density at radius 1 is 1.18 bits per heavy atom. The molecule has 28 heavy (non-hydrogen) atoms. The molecule has 2 aliphatic rings. The number of amides is 3. The Morgan fingerprint density at radius 3 is 2.68 bits per heavy atom. The first-order chi connectivity index (χ1) is 13.5. The average Bonchev–Trinajstić information content (AvgIpc) is 3.18. The van der Waals surface area contributed by atoms with Crippen molar-refractivity contribution >= 4 is 34.4 Å². The first kappa shape index (κ1) is 18.4. The molecule has 1 saturated carbocycles. The Kier molecular flexibility index (Phi) is 4.95. The number of carboxylic acid groups (broad SMARTS) is 1. The van der Waals surface area contributed by atoms with Crippen LogP contribution >= 0.6 is 11.3 Å². The predicted octanol–water partition coefficient (Wildman–Crippen LogP) is 2.18. The molecule has 0 spiro atoms. The van der Waals surface area contributed by atoms with Crippen LogP contribution in [-0.2, 0) is 4.79 Å². The lowest BCUT2D eigenvalue weighted by Crippen LogP contribution is -2.42. The summed E-state index contributed by atoms with van der Waals surface area (Å²) in [6.45, 7) is 0.362. The maximum absolute atomic E-state index is 12.4. The van der Waals surface area contributed by atoms with Crippen LogP contribution in [0.5, 0.6) is 0 Å². The summed E-state index contributed by atoms with van der Waals surface area (Å²) >= 11 is 1.24. The van der Waals surface area contributed by atoms with Gasteiger partial charge in [-0.05, 0) is 37.8 Å². The van der Waals surface area contributed by atoms with Crippen molar-refractivity contribution in [3.05, 3.63) is 29.3 Å². The molecule has 3 heterocycles. The third-order valence-electron chi connectivity index (χ3n) is 4.74. The van der Waals surface area contributed by atoms with Gasteiger partial charge in [-0.3, -0.25) is 19.5 Å². The lowest BCUT2D eigenvalue weighted by atomic mass is 10.2. The number of anilines is 1. The fraction of sp³-hybridized carbons (Fsp3) is 0.389. The fourth-order valence-electron chi connectivity index (χ4n) is 3.08. The summed E-state index contributed by atoms with van der Waals surface area (Å²) in [5, 5.41) is 16.9. The minimum Gasteiger partial charge on any atom is -0.465 e. The van der Waals surface area contributed by atoms with E-state index in [0.717, 1.165) is 17.7 Å². The van der Waals surface area contributed by atoms with Crippen LogP contribution in [0.4, 0.5) is 9.93 Å². The minimum atomic E-state index is -1.09. The molecule has 1 atom stereocenters. The second-order valence-corrected chi connectivity index (χ2v) is 7.70. The van der Waals surface area contributed by atoms with Crippen LogP contribution in [-0.4, -0.2) is 56.5 Å². The van der Waals surface area contributed by atoms with E-state index in [0.29, 0.717) is 41.5 Å². The molecule has 2 fully saturated rings. The molecule has 146 valence electrons. The van der Waals surface area contributed by atoms with Crippen LogP contribution in [0.15, 0.2) is 23.7 Å². The van der Waals surface area contributed by atoms with E-state index >= 15 is 0 Å². The first-order valence-corrected chi connectivity index (χ1v) is 9.92. The molecule has 2 aromatic heterocycles. The summed E-state index contributed by atoms with van der Waals surface area (Å²) < 4.78 is 0. The topological polar surface area (TPSA) is 125 Å². The quantitative estimate of drug-likeness (QED) is 0.705. The van der Waals surface area contributed by atoms with Crippen LogP contribution < -0.4 is 10.6 Å². The van der Waals surface area contributed by atoms with Gasteiger partial charge in [0.2, 0.25) is 5.91 Å². The Balaban J connectivity index is 1.40. The SMILES string of the molecule is O=C(NC1CC1)c1ccc(-c2csc(NC(=O)C3CCCN3C(=O)O)n2)nc1. The highest BCUT2D eigenvalue weighted by molar-refractivity contribution is 7.14. The summed E-state index contributed by atoms with van der Waals surface area (Å²) in [5.74, 6) is -0.506. The van der Waals surface area contributed by atoms with E-state index < -0.39 is 12.1 Å². The Labute approximate surface area is 164 Å². The number of thiazole rings is 1. The van der Waals surface area contributed by atoms with Crippen molar-refractivity contribution in [2.45, 2.75) is 37.8 Å². The van der Waals surface area contributed by atoms with Crippen LogP contribution in [0.1, 0.15) is 36.0 Å². The van der Waals surface area contributed by atoms with Crippen molar-refractivity contribution in [3.63, 3.8) is 0 Å². The van der Waals surface area contributed by atoms with Crippen LogP contribution in [0, 0.1) is 0 Å². The van der Waals surface area contributed by atoms with Gasteiger partial charge in [-0.25, -0.2) is 9.78 Å². The van der Waals surface area contributed by atoms with Gasteiger partial charge >= 0.3 is 6.09 Å². The zero-order chi connectivity index (χ0) is 19.7. The van der Waals surface area contributed by atoms with E-state index in [1.165, 1.54) is 17.5 Å². The predicted molar refractivity (Wildman–Crippen MR) is 102 cm³/mol. The van der Waals surface area contributed by atoms with Gasteiger partial charge in [0.15, 0.2) is 5.13 Å². The maximum Gasteiger partial charge on any atom is 0.407 e. The number of aromatic nitrogens is 2. The van der Waals surface area contributed by atoms with Gasteiger partial charge in [0.05, 0.1) is 11.3 Å². The van der Waals surface area contributed by atoms with Crippen molar-refractivity contribution in [2.24, 2.45) is 0 Å². The Hall–Kier alpha value is -3.01. The summed E-state index contributed by atoms with van der Waals surface area (Å²) in [5.41, 5.74) is 1.66. The van der Waals surface area contributed by atoms with E-state index in [-0.39, 0.29) is 17.9 Å². The number of rotatable bonds is 5. The molecule has 1 saturated heterocycles. The zero-order valence-electron chi connectivity index (χ0n) is 14.9. The van der Waals surface area contributed by atoms with Crippen molar-refractivity contribution in [3.8, 4) is 11.4 Å². The van der Waals surface area contributed by atoms with Crippen LogP contribution in [0.25, 0.3) is 11.4 Å². The zero-order valence-corrected chi connectivity index (χ0v) is 15.7. The molecule has 10 heteroatoms. The maximum atomic E-state index is 12.4. The van der Waals surface area contributed by atoms with Crippen molar-refractivity contribution in [1.29, 1.82) is 0 Å². The number of pyridine rings is 1. The molecule has 3 amide bonds. The van der Waals surface area contributed by atoms with Crippen molar-refractivity contribution in [1.82, 2.24) is 20.2 Å². The van der Waals surface area contributed by atoms with Gasteiger partial charge < -0.3 is 15.7 Å². The van der Waals surface area contributed by atoms with Gasteiger partial charge in [0.1, 0.15) is 11.7 Å². The average molecular weight is 401 g/mol. The van der Waals surface area contributed by atoms with Crippen molar-refractivity contribution in [2.75, 3.05) is 11.9 Å². The minimum absolute atomic E-state index is 0.132. The molecule has 4 rings (SSSR count). The van der Waals surface area contributed by atoms with Gasteiger partial charge in [0.25, 0.3) is 5.91 Å². The van der Waals surface area contributed by atoms with Crippen LogP contribution in [0.2, 0.25) is 0 Å². The largest absolute Gasteiger partial charge is 0.465 e. The number of carbonyl (C=O) groups is 3. The molecule has 3 N–H and O–H groups in total. The van der Waals surface area contributed by atoms with E-state index in [2.05, 4.69) is 20.6 Å². The van der Waals surface area contributed by atoms with Crippen LogP contribution in [0.3, 0.4) is 0 Å². The van der Waals surface area contributed by atoms with Gasteiger partial charge in [0, 0.05) is 24.2 Å².